The van der Waals surface area contributed by atoms with Crippen LogP contribution in [0.5, 0.6) is 0 Å². The highest BCUT2D eigenvalue weighted by Gasteiger charge is 2.58. The molecule has 1 unspecified atom stereocenters. The maximum absolute atomic E-state index is 12.3. The van der Waals surface area contributed by atoms with Gasteiger partial charge < -0.3 is 9.84 Å². The van der Waals surface area contributed by atoms with Crippen molar-refractivity contribution in [2.75, 3.05) is 6.61 Å². The van der Waals surface area contributed by atoms with Crippen molar-refractivity contribution in [1.29, 1.82) is 0 Å². The van der Waals surface area contributed by atoms with E-state index in [0.29, 0.717) is 6.42 Å². The Hall–Kier alpha value is -0.290. The van der Waals surface area contributed by atoms with Gasteiger partial charge in [-0.1, -0.05) is 13.8 Å². The summed E-state index contributed by atoms with van der Waals surface area (Å²) in [6.07, 6.45) is -4.57. The lowest BCUT2D eigenvalue weighted by Gasteiger charge is -2.41. The van der Waals surface area contributed by atoms with E-state index in [-0.39, 0.29) is 6.61 Å². The minimum absolute atomic E-state index is 0.0526. The Labute approximate surface area is 74.7 Å². The zero-order chi connectivity index (χ0) is 10.3. The molecule has 0 aromatic rings. The van der Waals surface area contributed by atoms with Crippen molar-refractivity contribution in [2.24, 2.45) is 5.41 Å². The molecule has 0 aromatic heterocycles. The van der Waals surface area contributed by atoms with Crippen molar-refractivity contribution in [2.45, 2.75) is 38.7 Å². The lowest BCUT2D eigenvalue weighted by Crippen LogP contribution is -2.53. The molecule has 0 spiro atoms. The summed E-state index contributed by atoms with van der Waals surface area (Å²) in [6.45, 7) is 3.32. The Morgan fingerprint density at radius 1 is 1.31 bits per heavy atom. The van der Waals surface area contributed by atoms with Gasteiger partial charge in [0.1, 0.15) is 0 Å². The zero-order valence-corrected chi connectivity index (χ0v) is 7.61. The van der Waals surface area contributed by atoms with Crippen molar-refractivity contribution in [3.8, 4) is 0 Å². The second kappa shape index (κ2) is 2.85. The van der Waals surface area contributed by atoms with Gasteiger partial charge in [-0.2, -0.15) is 13.2 Å². The van der Waals surface area contributed by atoms with Crippen molar-refractivity contribution in [1.82, 2.24) is 0 Å². The van der Waals surface area contributed by atoms with Crippen molar-refractivity contribution in [3.63, 3.8) is 0 Å². The van der Waals surface area contributed by atoms with Gasteiger partial charge in [0.15, 0.2) is 0 Å². The first-order valence-corrected chi connectivity index (χ1v) is 4.09. The summed E-state index contributed by atoms with van der Waals surface area (Å²) in [5, 5.41) is 9.20. The monoisotopic (exact) mass is 198 g/mol. The molecular weight excluding hydrogens is 185 g/mol. The molecule has 78 valence electrons. The fraction of sp³-hybridized carbons (Fsp3) is 1.00. The Bertz CT molecular complexity index is 200. The van der Waals surface area contributed by atoms with E-state index in [0.717, 1.165) is 0 Å². The highest BCUT2D eigenvalue weighted by molar-refractivity contribution is 4.87. The Morgan fingerprint density at radius 2 is 1.85 bits per heavy atom. The molecule has 1 atom stereocenters. The van der Waals surface area contributed by atoms with Crippen LogP contribution in [0.15, 0.2) is 0 Å². The molecular formula is C8H13F3O2. The van der Waals surface area contributed by atoms with Gasteiger partial charge >= 0.3 is 6.18 Å². The molecule has 1 fully saturated rings. The highest BCUT2D eigenvalue weighted by Crippen LogP contribution is 2.44. The predicted molar refractivity (Wildman–Crippen MR) is 40.0 cm³/mol. The van der Waals surface area contributed by atoms with E-state index in [1.807, 2.05) is 0 Å². The van der Waals surface area contributed by atoms with E-state index < -0.39 is 23.8 Å². The third-order valence-electron chi connectivity index (χ3n) is 2.28. The molecule has 0 saturated carbocycles. The van der Waals surface area contributed by atoms with Gasteiger partial charge in [0.05, 0.1) is 6.61 Å². The quantitative estimate of drug-likeness (QED) is 0.645. The third kappa shape index (κ3) is 2.14. The number of halogens is 3. The van der Waals surface area contributed by atoms with Gasteiger partial charge in [0.25, 0.3) is 5.79 Å². The first kappa shape index (κ1) is 10.8. The Morgan fingerprint density at radius 3 is 2.15 bits per heavy atom. The van der Waals surface area contributed by atoms with Crippen molar-refractivity contribution >= 4 is 0 Å². The normalized spacial score (nSPS) is 34.6. The predicted octanol–water partition coefficient (Wildman–Crippen LogP) is 2.07. The maximum Gasteiger partial charge on any atom is 0.443 e. The highest BCUT2D eigenvalue weighted by atomic mass is 19.4. The molecule has 13 heavy (non-hydrogen) atoms. The molecule has 1 N–H and O–H groups in total. The molecule has 0 radical (unpaired) electrons. The van der Waals surface area contributed by atoms with Gasteiger partial charge in [0.2, 0.25) is 0 Å². The van der Waals surface area contributed by atoms with Gasteiger partial charge in [0, 0.05) is 6.42 Å². The summed E-state index contributed by atoms with van der Waals surface area (Å²) in [5.41, 5.74) is -0.525. The first-order valence-electron chi connectivity index (χ1n) is 4.09. The standard InChI is InChI=1S/C8H13F3O2/c1-6(2)3-4-13-7(12,5-6)8(9,10)11/h12H,3-5H2,1-2H3. The Balaban J connectivity index is 2.81. The van der Waals surface area contributed by atoms with Crippen LogP contribution in [0, 0.1) is 5.41 Å². The van der Waals surface area contributed by atoms with E-state index in [1.54, 1.807) is 13.8 Å². The number of hydrogen-bond acceptors (Lipinski definition) is 2. The molecule has 5 heteroatoms. The molecule has 0 aliphatic carbocycles. The number of aliphatic hydroxyl groups is 1. The van der Waals surface area contributed by atoms with E-state index >= 15 is 0 Å². The lowest BCUT2D eigenvalue weighted by atomic mass is 9.80. The number of rotatable bonds is 0. The molecule has 1 saturated heterocycles. The van der Waals surface area contributed by atoms with Gasteiger partial charge in [-0.05, 0) is 11.8 Å². The van der Waals surface area contributed by atoms with Gasteiger partial charge in [-0.3, -0.25) is 0 Å². The van der Waals surface area contributed by atoms with E-state index in [4.69, 9.17) is 0 Å². The van der Waals surface area contributed by atoms with Gasteiger partial charge in [-0.25, -0.2) is 0 Å². The van der Waals surface area contributed by atoms with E-state index in [9.17, 15) is 18.3 Å². The second-order valence-corrected chi connectivity index (χ2v) is 4.22. The minimum Gasteiger partial charge on any atom is -0.358 e. The summed E-state index contributed by atoms with van der Waals surface area (Å²) < 4.78 is 41.3. The van der Waals surface area contributed by atoms with Crippen LogP contribution < -0.4 is 0 Å². The summed E-state index contributed by atoms with van der Waals surface area (Å²) in [5.74, 6) is -2.95. The molecule has 1 aliphatic rings. The van der Waals surface area contributed by atoms with Crippen LogP contribution in [0.1, 0.15) is 26.7 Å². The topological polar surface area (TPSA) is 29.5 Å². The maximum atomic E-state index is 12.3. The van der Waals surface area contributed by atoms with E-state index in [2.05, 4.69) is 4.74 Å². The molecule has 0 bridgehead atoms. The molecule has 0 aromatic carbocycles. The summed E-state index contributed by atoms with van der Waals surface area (Å²) in [4.78, 5) is 0. The average Bonchev–Trinajstić information content (AvgIpc) is 1.80. The van der Waals surface area contributed by atoms with E-state index in [1.165, 1.54) is 0 Å². The number of hydrogen-bond donors (Lipinski definition) is 1. The van der Waals surface area contributed by atoms with Crippen LogP contribution >= 0.6 is 0 Å². The number of alkyl halides is 3. The second-order valence-electron chi connectivity index (χ2n) is 4.22. The molecule has 2 nitrogen and oxygen atoms in total. The largest absolute Gasteiger partial charge is 0.443 e. The molecule has 0 amide bonds. The van der Waals surface area contributed by atoms with Crippen LogP contribution in [-0.4, -0.2) is 23.7 Å². The SMILES string of the molecule is CC1(C)CCOC(O)(C(F)(F)F)C1. The lowest BCUT2D eigenvalue weighted by molar-refractivity contribution is -0.386. The molecule has 1 aliphatic heterocycles. The smallest absolute Gasteiger partial charge is 0.358 e. The summed E-state index contributed by atoms with van der Waals surface area (Å²) in [7, 11) is 0. The molecule has 1 rings (SSSR count). The fourth-order valence-corrected chi connectivity index (χ4v) is 1.47. The Kier molecular flexibility index (Phi) is 2.37. The molecule has 1 heterocycles. The number of ether oxygens (including phenoxy) is 1. The van der Waals surface area contributed by atoms with Crippen LogP contribution in [0.2, 0.25) is 0 Å². The minimum atomic E-state index is -4.70. The van der Waals surface area contributed by atoms with Crippen LogP contribution in [-0.2, 0) is 4.74 Å². The van der Waals surface area contributed by atoms with Crippen molar-refractivity contribution in [3.05, 3.63) is 0 Å². The van der Waals surface area contributed by atoms with Gasteiger partial charge in [-0.15, -0.1) is 0 Å². The van der Waals surface area contributed by atoms with Crippen LogP contribution in [0.25, 0.3) is 0 Å². The fourth-order valence-electron chi connectivity index (χ4n) is 1.47. The van der Waals surface area contributed by atoms with Crippen LogP contribution in [0.4, 0.5) is 13.2 Å². The van der Waals surface area contributed by atoms with Crippen molar-refractivity contribution < 1.29 is 23.0 Å². The summed E-state index contributed by atoms with van der Waals surface area (Å²) >= 11 is 0. The third-order valence-corrected chi connectivity index (χ3v) is 2.28. The first-order chi connectivity index (χ1) is 5.66. The summed E-state index contributed by atoms with van der Waals surface area (Å²) in [6, 6.07) is 0. The zero-order valence-electron chi connectivity index (χ0n) is 7.61. The average molecular weight is 198 g/mol. The van der Waals surface area contributed by atoms with Crippen LogP contribution in [0.3, 0.4) is 0 Å².